The highest BCUT2D eigenvalue weighted by Crippen LogP contribution is 2.23. The monoisotopic (exact) mass is 431 g/mol. The number of anilines is 2. The van der Waals surface area contributed by atoms with E-state index in [0.29, 0.717) is 22.2 Å². The Morgan fingerprint density at radius 2 is 1.97 bits per heavy atom. The van der Waals surface area contributed by atoms with Crippen LogP contribution >= 0.6 is 11.3 Å². The molecule has 0 aliphatic carbocycles. The molecule has 2 aromatic carbocycles. The van der Waals surface area contributed by atoms with Crippen molar-refractivity contribution in [1.82, 2.24) is 4.98 Å². The van der Waals surface area contributed by atoms with E-state index in [4.69, 9.17) is 4.42 Å². The number of hydrogen-bond donors (Lipinski definition) is 2. The Morgan fingerprint density at radius 1 is 1.17 bits per heavy atom. The topological polar surface area (TPSA) is 101 Å². The van der Waals surface area contributed by atoms with Crippen LogP contribution in [0.4, 0.5) is 15.2 Å². The van der Waals surface area contributed by atoms with Crippen LogP contribution in [0.25, 0.3) is 11.0 Å². The lowest BCUT2D eigenvalue weighted by atomic mass is 10.1. The molecule has 2 N–H and O–H groups in total. The van der Waals surface area contributed by atoms with Crippen LogP contribution in [-0.4, -0.2) is 19.3 Å². The van der Waals surface area contributed by atoms with Gasteiger partial charge in [-0.1, -0.05) is 0 Å². The molecule has 0 unspecified atom stereocenters. The number of furan rings is 1. The zero-order chi connectivity index (χ0) is 20.4. The Kier molecular flexibility index (Phi) is 5.03. The summed E-state index contributed by atoms with van der Waals surface area (Å²) >= 11 is 1.17. The Balaban J connectivity index is 1.44. The van der Waals surface area contributed by atoms with Gasteiger partial charge in [-0.25, -0.2) is 17.8 Å². The number of nitrogens with one attached hydrogen (secondary N) is 2. The summed E-state index contributed by atoms with van der Waals surface area (Å²) in [6, 6.07) is 9.85. The van der Waals surface area contributed by atoms with E-state index in [0.717, 1.165) is 0 Å². The average Bonchev–Trinajstić information content (AvgIpc) is 3.32. The number of carbonyl (C=O) groups excluding carboxylic acids is 1. The summed E-state index contributed by atoms with van der Waals surface area (Å²) in [4.78, 5) is 16.2. The molecular formula is C19H14FN3O4S2. The minimum Gasteiger partial charge on any atom is -0.464 e. The third-order valence-corrected chi connectivity index (χ3v) is 6.24. The van der Waals surface area contributed by atoms with Gasteiger partial charge in [-0.2, -0.15) is 0 Å². The van der Waals surface area contributed by atoms with Crippen molar-refractivity contribution < 1.29 is 22.0 Å². The molecule has 4 rings (SSSR count). The molecule has 0 spiro atoms. The standard InChI is InChI=1S/C19H14FN3O4S2/c20-13-1-6-17-16(10-13)12(11-27-17)9-18(24)22-14-2-4-15(5-3-14)29(25,26)23-19-21-7-8-28-19/h1-8,10-11H,9H2,(H,21,23)(H,22,24). The normalized spacial score (nSPS) is 11.5. The molecule has 2 aromatic heterocycles. The SMILES string of the molecule is O=C(Cc1coc2ccc(F)cc12)Nc1ccc(S(=O)(=O)Nc2nccs2)cc1. The Bertz CT molecular complexity index is 1270. The summed E-state index contributed by atoms with van der Waals surface area (Å²) in [6.45, 7) is 0. The molecule has 10 heteroatoms. The first-order valence-electron chi connectivity index (χ1n) is 8.38. The molecule has 2 heterocycles. The van der Waals surface area contributed by atoms with Gasteiger partial charge in [0.1, 0.15) is 11.4 Å². The quantitative estimate of drug-likeness (QED) is 0.480. The van der Waals surface area contributed by atoms with Crippen molar-refractivity contribution in [2.75, 3.05) is 10.0 Å². The molecule has 29 heavy (non-hydrogen) atoms. The summed E-state index contributed by atoms with van der Waals surface area (Å²) in [5, 5.41) is 5.15. The van der Waals surface area contributed by atoms with E-state index in [9.17, 15) is 17.6 Å². The van der Waals surface area contributed by atoms with Crippen LogP contribution in [0, 0.1) is 5.82 Å². The van der Waals surface area contributed by atoms with Gasteiger partial charge in [0.25, 0.3) is 10.0 Å². The Morgan fingerprint density at radius 3 is 2.69 bits per heavy atom. The fourth-order valence-corrected chi connectivity index (χ4v) is 4.52. The van der Waals surface area contributed by atoms with Crippen molar-refractivity contribution in [2.45, 2.75) is 11.3 Å². The number of thiazole rings is 1. The third-order valence-electron chi connectivity index (χ3n) is 4.07. The molecular weight excluding hydrogens is 417 g/mol. The second kappa shape index (κ2) is 7.64. The second-order valence-electron chi connectivity index (χ2n) is 6.09. The maximum atomic E-state index is 13.4. The summed E-state index contributed by atoms with van der Waals surface area (Å²) in [6.07, 6.45) is 2.91. The maximum Gasteiger partial charge on any atom is 0.263 e. The van der Waals surface area contributed by atoms with Crippen LogP contribution in [0.15, 0.2) is 69.6 Å². The van der Waals surface area contributed by atoms with Crippen molar-refractivity contribution in [3.63, 3.8) is 0 Å². The highest BCUT2D eigenvalue weighted by Gasteiger charge is 2.16. The predicted molar refractivity (Wildman–Crippen MR) is 108 cm³/mol. The van der Waals surface area contributed by atoms with E-state index in [2.05, 4.69) is 15.0 Å². The summed E-state index contributed by atoms with van der Waals surface area (Å²) in [5.41, 5.74) is 1.49. The third kappa shape index (κ3) is 4.28. The van der Waals surface area contributed by atoms with Gasteiger partial charge in [-0.15, -0.1) is 11.3 Å². The van der Waals surface area contributed by atoms with Crippen molar-refractivity contribution in [2.24, 2.45) is 0 Å². The molecule has 148 valence electrons. The van der Waals surface area contributed by atoms with E-state index < -0.39 is 15.8 Å². The van der Waals surface area contributed by atoms with E-state index in [-0.39, 0.29) is 22.4 Å². The van der Waals surface area contributed by atoms with Crippen LogP contribution in [0.2, 0.25) is 0 Å². The number of nitrogens with zero attached hydrogens (tertiary/aromatic N) is 1. The Hall–Kier alpha value is -3.24. The number of sulfonamides is 1. The number of fused-ring (bicyclic) bond motifs is 1. The van der Waals surface area contributed by atoms with Crippen molar-refractivity contribution in [1.29, 1.82) is 0 Å². The fourth-order valence-electron chi connectivity index (χ4n) is 2.73. The van der Waals surface area contributed by atoms with Gasteiger partial charge in [0, 0.05) is 28.2 Å². The smallest absolute Gasteiger partial charge is 0.263 e. The highest BCUT2D eigenvalue weighted by atomic mass is 32.2. The molecule has 0 fully saturated rings. The average molecular weight is 431 g/mol. The van der Waals surface area contributed by atoms with Crippen LogP contribution < -0.4 is 10.0 Å². The van der Waals surface area contributed by atoms with Gasteiger partial charge in [-0.3, -0.25) is 9.52 Å². The molecule has 0 saturated carbocycles. The van der Waals surface area contributed by atoms with E-state index >= 15 is 0 Å². The predicted octanol–water partition coefficient (Wildman–Crippen LogP) is 4.01. The lowest BCUT2D eigenvalue weighted by Crippen LogP contribution is -2.15. The van der Waals surface area contributed by atoms with Gasteiger partial charge in [0.2, 0.25) is 5.91 Å². The fraction of sp³-hybridized carbons (Fsp3) is 0.0526. The number of benzene rings is 2. The summed E-state index contributed by atoms with van der Waals surface area (Å²) in [5.74, 6) is -0.753. The van der Waals surface area contributed by atoms with E-state index in [1.165, 1.54) is 66.3 Å². The summed E-state index contributed by atoms with van der Waals surface area (Å²) < 4.78 is 45.8. The van der Waals surface area contributed by atoms with Crippen molar-refractivity contribution in [3.8, 4) is 0 Å². The molecule has 7 nitrogen and oxygen atoms in total. The van der Waals surface area contributed by atoms with Gasteiger partial charge < -0.3 is 9.73 Å². The minimum absolute atomic E-state index is 0.0118. The first kappa shape index (κ1) is 19.1. The van der Waals surface area contributed by atoms with Gasteiger partial charge in [-0.05, 0) is 42.5 Å². The number of halogens is 1. The van der Waals surface area contributed by atoms with Crippen LogP contribution in [0.1, 0.15) is 5.56 Å². The largest absolute Gasteiger partial charge is 0.464 e. The highest BCUT2D eigenvalue weighted by molar-refractivity contribution is 7.93. The molecule has 0 bridgehead atoms. The number of rotatable bonds is 6. The summed E-state index contributed by atoms with van der Waals surface area (Å²) in [7, 11) is -3.76. The molecule has 0 saturated heterocycles. The zero-order valence-electron chi connectivity index (χ0n) is 14.8. The molecule has 0 aliphatic rings. The molecule has 0 aliphatic heterocycles. The van der Waals surface area contributed by atoms with Crippen molar-refractivity contribution >= 4 is 49.1 Å². The van der Waals surface area contributed by atoms with Crippen molar-refractivity contribution in [3.05, 3.63) is 71.7 Å². The first-order chi connectivity index (χ1) is 13.9. The minimum atomic E-state index is -3.76. The molecule has 1 amide bonds. The number of aromatic nitrogens is 1. The van der Waals surface area contributed by atoms with Crippen LogP contribution in [0.3, 0.4) is 0 Å². The van der Waals surface area contributed by atoms with Gasteiger partial charge in [0.05, 0.1) is 17.6 Å². The molecule has 0 radical (unpaired) electrons. The first-order valence-corrected chi connectivity index (χ1v) is 10.7. The molecule has 0 atom stereocenters. The van der Waals surface area contributed by atoms with Crippen LogP contribution in [-0.2, 0) is 21.2 Å². The maximum absolute atomic E-state index is 13.4. The Labute approximate surface area is 169 Å². The van der Waals surface area contributed by atoms with E-state index in [1.807, 2.05) is 0 Å². The number of amides is 1. The van der Waals surface area contributed by atoms with Gasteiger partial charge in [0.15, 0.2) is 5.13 Å². The number of carbonyl (C=O) groups is 1. The lowest BCUT2D eigenvalue weighted by molar-refractivity contribution is -0.115. The number of hydrogen-bond acceptors (Lipinski definition) is 6. The van der Waals surface area contributed by atoms with Crippen LogP contribution in [0.5, 0.6) is 0 Å². The van der Waals surface area contributed by atoms with Gasteiger partial charge >= 0.3 is 0 Å². The van der Waals surface area contributed by atoms with E-state index in [1.54, 1.807) is 5.38 Å². The second-order valence-corrected chi connectivity index (χ2v) is 8.67. The zero-order valence-corrected chi connectivity index (χ0v) is 16.4. The lowest BCUT2D eigenvalue weighted by Gasteiger charge is -2.08. The molecule has 4 aromatic rings.